The summed E-state index contributed by atoms with van der Waals surface area (Å²) in [5.74, 6) is 1.47. The normalized spacial score (nSPS) is 19.9. The SMILES string of the molecule is COCC(C)(C)[N+]1(OC(N)=O)CCn2c(c(OC(N)=O)c(-c3ccc(OC)cc3)c2C2CC2)C1. The van der Waals surface area contributed by atoms with Crippen LogP contribution in [0, 0.1) is 0 Å². The molecule has 0 bridgehead atoms. The van der Waals surface area contributed by atoms with Crippen molar-refractivity contribution in [1.29, 1.82) is 0 Å². The van der Waals surface area contributed by atoms with Crippen LogP contribution in [0.15, 0.2) is 24.3 Å². The van der Waals surface area contributed by atoms with Crippen LogP contribution in [-0.2, 0) is 22.7 Å². The maximum absolute atomic E-state index is 12.0. The van der Waals surface area contributed by atoms with Crippen molar-refractivity contribution in [3.8, 4) is 22.6 Å². The highest BCUT2D eigenvalue weighted by molar-refractivity contribution is 5.81. The highest BCUT2D eigenvalue weighted by Gasteiger charge is 2.53. The Bertz CT molecular complexity index is 1090. The van der Waals surface area contributed by atoms with E-state index in [1.807, 2.05) is 38.1 Å². The number of primary amides is 2. The summed E-state index contributed by atoms with van der Waals surface area (Å²) in [6, 6.07) is 7.62. The third-order valence-corrected chi connectivity index (χ3v) is 6.86. The first-order valence-electron chi connectivity index (χ1n) is 11.3. The molecular formula is C24H33N4O6+. The summed E-state index contributed by atoms with van der Waals surface area (Å²) in [7, 11) is 3.21. The van der Waals surface area contributed by atoms with Gasteiger partial charge < -0.3 is 30.2 Å². The Morgan fingerprint density at radius 2 is 1.79 bits per heavy atom. The van der Waals surface area contributed by atoms with Gasteiger partial charge in [0.2, 0.25) is 0 Å². The molecular weight excluding hydrogens is 440 g/mol. The molecule has 10 heteroatoms. The lowest BCUT2D eigenvalue weighted by Gasteiger charge is -2.47. The average molecular weight is 474 g/mol. The molecule has 0 spiro atoms. The molecule has 2 amide bonds. The summed E-state index contributed by atoms with van der Waals surface area (Å²) < 4.78 is 18.5. The molecule has 184 valence electrons. The Balaban J connectivity index is 1.91. The van der Waals surface area contributed by atoms with Gasteiger partial charge in [-0.15, -0.1) is 4.65 Å². The van der Waals surface area contributed by atoms with Crippen molar-refractivity contribution in [2.24, 2.45) is 11.5 Å². The smallest absolute Gasteiger partial charge is 0.459 e. The second kappa shape index (κ2) is 8.84. The van der Waals surface area contributed by atoms with Gasteiger partial charge in [0.15, 0.2) is 17.8 Å². The Morgan fingerprint density at radius 3 is 2.32 bits per heavy atom. The standard InChI is InChI=1S/C24H32N4O6/c1-24(2,14-31-3)28(34-23(26)30)12-11-27-18(13-28)21(33-22(25)29)19(20(27)16-5-6-16)15-7-9-17(32-4)10-8-15/h7-10,16H,5-6,11-14H2,1-4H3,(H3-,25,26,29,30)/p+1. The number of benzene rings is 1. The number of nitrogens with two attached hydrogens (primary N) is 2. The van der Waals surface area contributed by atoms with E-state index in [1.54, 1.807) is 14.2 Å². The van der Waals surface area contributed by atoms with Crippen LogP contribution in [0.5, 0.6) is 11.5 Å². The zero-order valence-electron chi connectivity index (χ0n) is 20.1. The third-order valence-electron chi connectivity index (χ3n) is 6.86. The molecule has 34 heavy (non-hydrogen) atoms. The summed E-state index contributed by atoms with van der Waals surface area (Å²) in [5, 5.41) is 0. The van der Waals surface area contributed by atoms with Crippen LogP contribution in [-0.4, -0.2) is 54.3 Å². The molecule has 1 unspecified atom stereocenters. The molecule has 1 aromatic heterocycles. The fourth-order valence-electron chi connectivity index (χ4n) is 5.05. The van der Waals surface area contributed by atoms with Crippen LogP contribution in [0.4, 0.5) is 9.59 Å². The lowest BCUT2D eigenvalue weighted by Crippen LogP contribution is -2.66. The Kier molecular flexibility index (Phi) is 6.22. The molecule has 4 rings (SSSR count). The largest absolute Gasteiger partial charge is 0.497 e. The first kappa shape index (κ1) is 23.9. The fourth-order valence-corrected chi connectivity index (χ4v) is 5.05. The highest BCUT2D eigenvalue weighted by atomic mass is 16.8. The van der Waals surface area contributed by atoms with Crippen molar-refractivity contribution in [1.82, 2.24) is 4.57 Å². The molecule has 1 fully saturated rings. The van der Waals surface area contributed by atoms with Gasteiger partial charge in [0.25, 0.3) is 0 Å². The van der Waals surface area contributed by atoms with E-state index in [0.717, 1.165) is 41.1 Å². The third kappa shape index (κ3) is 4.19. The molecule has 1 aliphatic heterocycles. The van der Waals surface area contributed by atoms with E-state index in [-0.39, 0.29) is 11.2 Å². The number of hydroxylamine groups is 3. The number of nitrogens with zero attached hydrogens (tertiary/aromatic N) is 2. The van der Waals surface area contributed by atoms with E-state index in [0.29, 0.717) is 31.4 Å². The van der Waals surface area contributed by atoms with Crippen molar-refractivity contribution in [3.05, 3.63) is 35.7 Å². The van der Waals surface area contributed by atoms with E-state index in [9.17, 15) is 9.59 Å². The van der Waals surface area contributed by atoms with Gasteiger partial charge in [0, 0.05) is 24.3 Å². The summed E-state index contributed by atoms with van der Waals surface area (Å²) in [5.41, 5.74) is 14.0. The molecule has 0 radical (unpaired) electrons. The van der Waals surface area contributed by atoms with E-state index in [1.165, 1.54) is 0 Å². The minimum absolute atomic E-state index is 0.0958. The van der Waals surface area contributed by atoms with Gasteiger partial charge in [-0.3, -0.25) is 4.84 Å². The summed E-state index contributed by atoms with van der Waals surface area (Å²) in [6.45, 7) is 5.52. The molecule has 1 saturated carbocycles. The minimum Gasteiger partial charge on any atom is -0.497 e. The van der Waals surface area contributed by atoms with Gasteiger partial charge >= 0.3 is 12.2 Å². The minimum atomic E-state index is -0.902. The zero-order chi connectivity index (χ0) is 24.7. The summed E-state index contributed by atoms with van der Waals surface area (Å²) >= 11 is 0. The van der Waals surface area contributed by atoms with Crippen LogP contribution in [0.3, 0.4) is 0 Å². The number of hydrogen-bond donors (Lipinski definition) is 2. The molecule has 4 N–H and O–H groups in total. The van der Waals surface area contributed by atoms with Gasteiger partial charge in [0.05, 0.1) is 13.7 Å². The molecule has 2 heterocycles. The number of quaternary nitrogens is 1. The number of carbonyl (C=O) groups is 2. The molecule has 2 aromatic rings. The zero-order valence-corrected chi connectivity index (χ0v) is 20.1. The van der Waals surface area contributed by atoms with Crippen LogP contribution in [0.25, 0.3) is 11.1 Å². The van der Waals surface area contributed by atoms with Gasteiger partial charge in [-0.05, 0) is 44.4 Å². The second-order valence-electron chi connectivity index (χ2n) is 9.54. The number of fused-ring (bicyclic) bond motifs is 1. The number of amides is 2. The van der Waals surface area contributed by atoms with E-state index in [4.69, 9.17) is 30.5 Å². The Labute approximate surface area is 198 Å². The molecule has 1 atom stereocenters. The summed E-state index contributed by atoms with van der Waals surface area (Å²) in [6.07, 6.45) is 0.325. The van der Waals surface area contributed by atoms with E-state index < -0.39 is 17.7 Å². The lowest BCUT2D eigenvalue weighted by molar-refractivity contribution is -1.14. The number of rotatable bonds is 8. The van der Waals surface area contributed by atoms with Gasteiger partial charge in [-0.25, -0.2) is 9.59 Å². The van der Waals surface area contributed by atoms with Crippen LogP contribution in [0.1, 0.15) is 44.0 Å². The molecule has 1 aliphatic carbocycles. The van der Waals surface area contributed by atoms with Gasteiger partial charge in [-0.1, -0.05) is 12.1 Å². The highest BCUT2D eigenvalue weighted by Crippen LogP contribution is 2.52. The van der Waals surface area contributed by atoms with E-state index in [2.05, 4.69) is 4.57 Å². The predicted molar refractivity (Wildman–Crippen MR) is 124 cm³/mol. The van der Waals surface area contributed by atoms with Crippen LogP contribution < -0.4 is 20.9 Å². The van der Waals surface area contributed by atoms with Gasteiger partial charge in [0.1, 0.15) is 24.6 Å². The van der Waals surface area contributed by atoms with Crippen molar-refractivity contribution in [2.75, 3.05) is 27.4 Å². The number of ether oxygens (including phenoxy) is 3. The number of aromatic nitrogens is 1. The molecule has 1 aromatic carbocycles. The van der Waals surface area contributed by atoms with Crippen molar-refractivity contribution in [2.45, 2.75) is 51.2 Å². The van der Waals surface area contributed by atoms with Crippen molar-refractivity contribution in [3.63, 3.8) is 0 Å². The molecule has 10 nitrogen and oxygen atoms in total. The molecule has 0 saturated heterocycles. The van der Waals surface area contributed by atoms with Crippen molar-refractivity contribution < 1.29 is 33.3 Å². The number of methoxy groups -OCH3 is 2. The van der Waals surface area contributed by atoms with Gasteiger partial charge in [-0.2, -0.15) is 0 Å². The Morgan fingerprint density at radius 1 is 1.12 bits per heavy atom. The number of carbonyl (C=O) groups excluding carboxylic acids is 2. The topological polar surface area (TPSA) is 128 Å². The fraction of sp³-hybridized carbons (Fsp3) is 0.500. The van der Waals surface area contributed by atoms with Crippen molar-refractivity contribution >= 4 is 12.2 Å². The first-order chi connectivity index (χ1) is 16.1. The monoisotopic (exact) mass is 473 g/mol. The lowest BCUT2D eigenvalue weighted by atomic mass is 10.0. The second-order valence-corrected chi connectivity index (χ2v) is 9.54. The maximum Gasteiger partial charge on any atom is 0.459 e. The van der Waals surface area contributed by atoms with E-state index >= 15 is 0 Å². The van der Waals surface area contributed by atoms with Crippen LogP contribution >= 0.6 is 0 Å². The summed E-state index contributed by atoms with van der Waals surface area (Å²) in [4.78, 5) is 29.8. The molecule has 2 aliphatic rings. The quantitative estimate of drug-likeness (QED) is 0.567. The number of hydrogen-bond acceptors (Lipinski definition) is 6. The maximum atomic E-state index is 12.0. The first-order valence-corrected chi connectivity index (χ1v) is 11.3. The predicted octanol–water partition coefficient (Wildman–Crippen LogP) is 3.26. The van der Waals surface area contributed by atoms with Crippen LogP contribution in [0.2, 0.25) is 0 Å². The Hall–Kier alpha value is -3.24. The average Bonchev–Trinajstić information content (AvgIpc) is 3.56.